The Kier molecular flexibility index (Phi) is 3.90. The first-order chi connectivity index (χ1) is 9.35. The second-order valence-electron chi connectivity index (χ2n) is 5.39. The first-order valence-electron chi connectivity index (χ1n) is 6.32. The van der Waals surface area contributed by atoms with Gasteiger partial charge in [0.2, 0.25) is 5.89 Å². The standard InChI is InChI=1S/C15H17F2NO2/c1-9-12(15(2,3)8-19)18-14(20-9)11-6-4-10(5-7-11)13(16)17/h4-7,13,19H,8H2,1-3H3. The van der Waals surface area contributed by atoms with E-state index in [1.165, 1.54) is 12.1 Å². The van der Waals surface area contributed by atoms with E-state index in [0.717, 1.165) is 0 Å². The summed E-state index contributed by atoms with van der Waals surface area (Å²) in [5.41, 5.74) is 0.771. The molecule has 1 aromatic heterocycles. The molecule has 1 N–H and O–H groups in total. The van der Waals surface area contributed by atoms with Crippen molar-refractivity contribution in [1.82, 2.24) is 4.98 Å². The molecule has 0 aliphatic heterocycles. The van der Waals surface area contributed by atoms with Crippen LogP contribution in [0, 0.1) is 6.92 Å². The fourth-order valence-electron chi connectivity index (χ4n) is 1.99. The molecule has 108 valence electrons. The summed E-state index contributed by atoms with van der Waals surface area (Å²) in [5.74, 6) is 0.997. The molecule has 0 spiro atoms. The van der Waals surface area contributed by atoms with Crippen molar-refractivity contribution in [3.8, 4) is 11.5 Å². The molecule has 0 aliphatic rings. The van der Waals surface area contributed by atoms with E-state index in [0.29, 0.717) is 22.9 Å². The van der Waals surface area contributed by atoms with Gasteiger partial charge >= 0.3 is 0 Å². The SMILES string of the molecule is Cc1oc(-c2ccc(C(F)F)cc2)nc1C(C)(C)CO. The van der Waals surface area contributed by atoms with Crippen LogP contribution in [-0.2, 0) is 5.41 Å². The fourth-order valence-corrected chi connectivity index (χ4v) is 1.99. The van der Waals surface area contributed by atoms with Gasteiger partial charge in [0.05, 0.1) is 12.3 Å². The molecule has 0 amide bonds. The number of aliphatic hydroxyl groups is 1. The highest BCUT2D eigenvalue weighted by molar-refractivity contribution is 5.54. The van der Waals surface area contributed by atoms with Gasteiger partial charge in [-0.2, -0.15) is 0 Å². The quantitative estimate of drug-likeness (QED) is 0.925. The van der Waals surface area contributed by atoms with Gasteiger partial charge in [0.25, 0.3) is 6.43 Å². The molecular formula is C15H17F2NO2. The zero-order chi connectivity index (χ0) is 14.9. The van der Waals surface area contributed by atoms with Crippen molar-refractivity contribution in [3.05, 3.63) is 41.3 Å². The van der Waals surface area contributed by atoms with Crippen molar-refractivity contribution in [2.24, 2.45) is 0 Å². The highest BCUT2D eigenvalue weighted by Gasteiger charge is 2.27. The highest BCUT2D eigenvalue weighted by Crippen LogP contribution is 2.30. The highest BCUT2D eigenvalue weighted by atomic mass is 19.3. The summed E-state index contributed by atoms with van der Waals surface area (Å²) in [6.07, 6.45) is -2.49. The van der Waals surface area contributed by atoms with Gasteiger partial charge in [-0.3, -0.25) is 0 Å². The monoisotopic (exact) mass is 281 g/mol. The van der Waals surface area contributed by atoms with Crippen molar-refractivity contribution < 1.29 is 18.3 Å². The fraction of sp³-hybridized carbons (Fsp3) is 0.400. The average molecular weight is 281 g/mol. The molecular weight excluding hydrogens is 264 g/mol. The maximum absolute atomic E-state index is 12.5. The topological polar surface area (TPSA) is 46.3 Å². The molecule has 3 nitrogen and oxygen atoms in total. The zero-order valence-electron chi connectivity index (χ0n) is 11.7. The smallest absolute Gasteiger partial charge is 0.263 e. The van der Waals surface area contributed by atoms with Crippen LogP contribution < -0.4 is 0 Å². The Morgan fingerprint density at radius 1 is 1.25 bits per heavy atom. The van der Waals surface area contributed by atoms with Crippen molar-refractivity contribution in [1.29, 1.82) is 0 Å². The van der Waals surface area contributed by atoms with E-state index >= 15 is 0 Å². The van der Waals surface area contributed by atoms with Crippen molar-refractivity contribution >= 4 is 0 Å². The van der Waals surface area contributed by atoms with Gasteiger partial charge in [0, 0.05) is 16.5 Å². The maximum Gasteiger partial charge on any atom is 0.263 e. The van der Waals surface area contributed by atoms with Crippen molar-refractivity contribution in [3.63, 3.8) is 0 Å². The molecule has 5 heteroatoms. The molecule has 1 aromatic carbocycles. The van der Waals surface area contributed by atoms with E-state index in [2.05, 4.69) is 4.98 Å². The summed E-state index contributed by atoms with van der Waals surface area (Å²) >= 11 is 0. The third kappa shape index (κ3) is 2.72. The summed E-state index contributed by atoms with van der Waals surface area (Å²) in [6, 6.07) is 5.83. The van der Waals surface area contributed by atoms with Gasteiger partial charge in [-0.25, -0.2) is 13.8 Å². The van der Waals surface area contributed by atoms with Crippen molar-refractivity contribution in [2.45, 2.75) is 32.6 Å². The average Bonchev–Trinajstić information content (AvgIpc) is 2.81. The Morgan fingerprint density at radius 3 is 2.35 bits per heavy atom. The zero-order valence-corrected chi connectivity index (χ0v) is 11.7. The van der Waals surface area contributed by atoms with Crippen LogP contribution in [0.4, 0.5) is 8.78 Å². The summed E-state index contributed by atoms with van der Waals surface area (Å²) in [5, 5.41) is 9.38. The molecule has 0 unspecified atom stereocenters. The number of aliphatic hydroxyl groups excluding tert-OH is 1. The maximum atomic E-state index is 12.5. The lowest BCUT2D eigenvalue weighted by molar-refractivity contribution is 0.151. The van der Waals surface area contributed by atoms with E-state index in [9.17, 15) is 13.9 Å². The Morgan fingerprint density at radius 2 is 1.85 bits per heavy atom. The summed E-state index contributed by atoms with van der Waals surface area (Å²) in [4.78, 5) is 4.38. The lowest BCUT2D eigenvalue weighted by atomic mass is 9.89. The predicted octanol–water partition coefficient (Wildman–Crippen LogP) is 3.86. The van der Waals surface area contributed by atoms with E-state index < -0.39 is 11.8 Å². The van der Waals surface area contributed by atoms with Crippen LogP contribution in [0.2, 0.25) is 0 Å². The number of oxazole rings is 1. The summed E-state index contributed by atoms with van der Waals surface area (Å²) in [7, 11) is 0. The lowest BCUT2D eigenvalue weighted by Crippen LogP contribution is -2.23. The van der Waals surface area contributed by atoms with Crippen LogP contribution >= 0.6 is 0 Å². The Balaban J connectivity index is 2.37. The number of rotatable bonds is 4. The molecule has 0 atom stereocenters. The van der Waals surface area contributed by atoms with Gasteiger partial charge in [-0.05, 0) is 19.1 Å². The number of alkyl halides is 2. The number of hydrogen-bond donors (Lipinski definition) is 1. The Labute approximate surface area is 116 Å². The molecule has 0 aliphatic carbocycles. The molecule has 2 rings (SSSR count). The Hall–Kier alpha value is -1.75. The van der Waals surface area contributed by atoms with Crippen LogP contribution in [-0.4, -0.2) is 16.7 Å². The van der Waals surface area contributed by atoms with E-state index in [1.807, 2.05) is 13.8 Å². The third-order valence-electron chi connectivity index (χ3n) is 3.24. The van der Waals surface area contributed by atoms with E-state index in [-0.39, 0.29) is 12.2 Å². The summed E-state index contributed by atoms with van der Waals surface area (Å²) in [6.45, 7) is 5.45. The van der Waals surface area contributed by atoms with Gasteiger partial charge < -0.3 is 9.52 Å². The number of nitrogens with zero attached hydrogens (tertiary/aromatic N) is 1. The van der Waals surface area contributed by atoms with Crippen LogP contribution in [0.15, 0.2) is 28.7 Å². The second-order valence-corrected chi connectivity index (χ2v) is 5.39. The largest absolute Gasteiger partial charge is 0.441 e. The lowest BCUT2D eigenvalue weighted by Gasteiger charge is -2.18. The molecule has 0 fully saturated rings. The van der Waals surface area contributed by atoms with E-state index in [1.54, 1.807) is 19.1 Å². The predicted molar refractivity (Wildman–Crippen MR) is 71.7 cm³/mol. The number of aryl methyl sites for hydroxylation is 1. The van der Waals surface area contributed by atoms with Crippen LogP contribution in [0.1, 0.15) is 37.3 Å². The minimum Gasteiger partial charge on any atom is -0.441 e. The summed E-state index contributed by atoms with van der Waals surface area (Å²) < 4.78 is 30.6. The second kappa shape index (κ2) is 5.32. The van der Waals surface area contributed by atoms with Gasteiger partial charge in [-0.1, -0.05) is 26.0 Å². The molecule has 0 bridgehead atoms. The van der Waals surface area contributed by atoms with Crippen molar-refractivity contribution in [2.75, 3.05) is 6.61 Å². The normalized spacial score (nSPS) is 12.2. The number of benzene rings is 1. The van der Waals surface area contributed by atoms with Gasteiger partial charge in [-0.15, -0.1) is 0 Å². The molecule has 0 radical (unpaired) electrons. The van der Waals surface area contributed by atoms with Gasteiger partial charge in [0.15, 0.2) is 0 Å². The number of halogens is 2. The minimum atomic E-state index is -2.49. The Bertz CT molecular complexity index is 588. The van der Waals surface area contributed by atoms with Gasteiger partial charge in [0.1, 0.15) is 5.76 Å². The van der Waals surface area contributed by atoms with Crippen LogP contribution in [0.3, 0.4) is 0 Å². The number of aromatic nitrogens is 1. The first-order valence-corrected chi connectivity index (χ1v) is 6.32. The molecule has 20 heavy (non-hydrogen) atoms. The minimum absolute atomic E-state index is 0.0343. The first kappa shape index (κ1) is 14.7. The molecule has 1 heterocycles. The van der Waals surface area contributed by atoms with Crippen LogP contribution in [0.25, 0.3) is 11.5 Å². The molecule has 2 aromatic rings. The van der Waals surface area contributed by atoms with E-state index in [4.69, 9.17) is 4.42 Å². The third-order valence-corrected chi connectivity index (χ3v) is 3.24. The van der Waals surface area contributed by atoms with Crippen LogP contribution in [0.5, 0.6) is 0 Å². The number of hydrogen-bond acceptors (Lipinski definition) is 3. The molecule has 0 saturated heterocycles. The molecule has 0 saturated carbocycles.